The van der Waals surface area contributed by atoms with E-state index in [-0.39, 0.29) is 27.6 Å². The summed E-state index contributed by atoms with van der Waals surface area (Å²) in [5.41, 5.74) is 0.481. The molecule has 3 heterocycles. The molecule has 0 bridgehead atoms. The van der Waals surface area contributed by atoms with Crippen LogP contribution in [0.2, 0.25) is 0 Å². The smallest absolute Gasteiger partial charge is 0.261 e. The van der Waals surface area contributed by atoms with Crippen LogP contribution in [0.4, 0.5) is 5.69 Å². The average Bonchev–Trinajstić information content (AvgIpc) is 3.36. The molecule has 0 spiro atoms. The highest BCUT2D eigenvalue weighted by molar-refractivity contribution is 7.91. The number of carbonyl (C=O) groups is 3. The normalized spacial score (nSPS) is 19.8. The predicted molar refractivity (Wildman–Crippen MR) is 98.1 cm³/mol. The number of benzene rings is 1. The van der Waals surface area contributed by atoms with E-state index in [0.717, 1.165) is 11.3 Å². The number of anilines is 1. The van der Waals surface area contributed by atoms with E-state index in [4.69, 9.17) is 0 Å². The number of carbonyl (C=O) groups excluding carboxylic acids is 3. The fourth-order valence-corrected chi connectivity index (χ4v) is 6.13. The van der Waals surface area contributed by atoms with Gasteiger partial charge in [-0.05, 0) is 36.4 Å². The van der Waals surface area contributed by atoms with E-state index in [2.05, 4.69) is 10.6 Å². The van der Waals surface area contributed by atoms with Crippen LogP contribution in [-0.4, -0.2) is 43.0 Å². The van der Waals surface area contributed by atoms with Gasteiger partial charge in [-0.15, -0.1) is 11.3 Å². The maximum Gasteiger partial charge on any atom is 0.261 e. The maximum atomic E-state index is 12.8. The van der Waals surface area contributed by atoms with Crippen molar-refractivity contribution in [2.45, 2.75) is 23.1 Å². The number of sulfonamides is 1. The molecule has 1 atom stereocenters. The highest BCUT2D eigenvalue weighted by Crippen LogP contribution is 2.30. The maximum absolute atomic E-state index is 12.8. The van der Waals surface area contributed by atoms with Crippen LogP contribution in [0.1, 0.15) is 33.6 Å². The Hall–Kier alpha value is -2.56. The van der Waals surface area contributed by atoms with Gasteiger partial charge in [0, 0.05) is 6.54 Å². The molecule has 2 aromatic rings. The third-order valence-electron chi connectivity index (χ3n) is 4.59. The van der Waals surface area contributed by atoms with Crippen LogP contribution in [0.25, 0.3) is 0 Å². The molecule has 0 radical (unpaired) electrons. The Labute approximate surface area is 159 Å². The molecule has 0 unspecified atom stereocenters. The van der Waals surface area contributed by atoms with Crippen molar-refractivity contribution >= 4 is 44.8 Å². The quantitative estimate of drug-likeness (QED) is 0.747. The number of nitrogens with zero attached hydrogens (tertiary/aromatic N) is 1. The summed E-state index contributed by atoms with van der Waals surface area (Å²) in [5.74, 6) is -1.62. The first-order valence-corrected chi connectivity index (χ1v) is 10.6. The Balaban J connectivity index is 1.61. The zero-order chi connectivity index (χ0) is 19.2. The van der Waals surface area contributed by atoms with Crippen molar-refractivity contribution in [1.29, 1.82) is 0 Å². The molecular formula is C17H15N3O5S2. The largest absolute Gasteiger partial charge is 0.324 e. The summed E-state index contributed by atoms with van der Waals surface area (Å²) < 4.78 is 27.0. The molecule has 1 aromatic carbocycles. The number of nitrogens with one attached hydrogen (secondary N) is 2. The van der Waals surface area contributed by atoms with Crippen molar-refractivity contribution in [3.63, 3.8) is 0 Å². The standard InChI is InChI=1S/C17H15N3O5S2/c21-15-10-4-1-5-11(14(10)17(23)19-15)18-16(22)12-6-2-8-20(12)27(24,25)13-7-3-9-26-13/h1,3-5,7,9,12H,2,6,8H2,(H,18,22)(H,19,21,23)/t12-/m1/s1. The molecular weight excluding hydrogens is 390 g/mol. The topological polar surface area (TPSA) is 113 Å². The number of thiophene rings is 1. The number of hydrogen-bond donors (Lipinski definition) is 2. The highest BCUT2D eigenvalue weighted by atomic mass is 32.2. The minimum absolute atomic E-state index is 0.0986. The molecule has 140 valence electrons. The molecule has 0 aliphatic carbocycles. The number of rotatable bonds is 4. The fraction of sp³-hybridized carbons (Fsp3) is 0.235. The first kappa shape index (κ1) is 17.8. The zero-order valence-electron chi connectivity index (χ0n) is 14.0. The van der Waals surface area contributed by atoms with Gasteiger partial charge in [0.1, 0.15) is 10.3 Å². The lowest BCUT2D eigenvalue weighted by Gasteiger charge is -2.23. The van der Waals surface area contributed by atoms with E-state index < -0.39 is 33.8 Å². The molecule has 1 saturated heterocycles. The summed E-state index contributed by atoms with van der Waals surface area (Å²) >= 11 is 1.10. The number of imide groups is 1. The third-order valence-corrected chi connectivity index (χ3v) is 7.87. The molecule has 1 aromatic heterocycles. The van der Waals surface area contributed by atoms with Gasteiger partial charge < -0.3 is 5.32 Å². The van der Waals surface area contributed by atoms with Gasteiger partial charge in [0.15, 0.2) is 0 Å². The first-order chi connectivity index (χ1) is 12.9. The Morgan fingerprint density at radius 2 is 2.00 bits per heavy atom. The predicted octanol–water partition coefficient (Wildman–Crippen LogP) is 1.42. The molecule has 1 fully saturated rings. The van der Waals surface area contributed by atoms with E-state index in [0.29, 0.717) is 12.8 Å². The summed E-state index contributed by atoms with van der Waals surface area (Å²) in [4.78, 5) is 36.5. The molecule has 8 nitrogen and oxygen atoms in total. The molecule has 10 heteroatoms. The SMILES string of the molecule is O=C1NC(=O)c2c(NC(=O)[C@H]3CCCN3S(=O)(=O)c3cccs3)cccc21. The second-order valence-corrected chi connectivity index (χ2v) is 9.27. The minimum Gasteiger partial charge on any atom is -0.324 e. The molecule has 0 saturated carbocycles. The van der Waals surface area contributed by atoms with Crippen molar-refractivity contribution in [2.75, 3.05) is 11.9 Å². The molecule has 27 heavy (non-hydrogen) atoms. The summed E-state index contributed by atoms with van der Waals surface area (Å²) in [7, 11) is -3.76. The zero-order valence-corrected chi connectivity index (χ0v) is 15.6. The first-order valence-electron chi connectivity index (χ1n) is 8.24. The molecule has 3 amide bonds. The Kier molecular flexibility index (Phi) is 4.33. The van der Waals surface area contributed by atoms with Crippen LogP contribution in [0.15, 0.2) is 39.9 Å². The van der Waals surface area contributed by atoms with Gasteiger partial charge >= 0.3 is 0 Å². The van der Waals surface area contributed by atoms with Crippen LogP contribution >= 0.6 is 11.3 Å². The van der Waals surface area contributed by atoms with Gasteiger partial charge in [0.25, 0.3) is 21.8 Å². The second kappa shape index (κ2) is 6.55. The lowest BCUT2D eigenvalue weighted by molar-refractivity contribution is -0.119. The van der Waals surface area contributed by atoms with Gasteiger partial charge in [0.05, 0.1) is 16.8 Å². The van der Waals surface area contributed by atoms with E-state index in [1.54, 1.807) is 17.5 Å². The monoisotopic (exact) mass is 405 g/mol. The molecule has 4 rings (SSSR count). The van der Waals surface area contributed by atoms with Crippen LogP contribution in [0, 0.1) is 0 Å². The van der Waals surface area contributed by atoms with Crippen LogP contribution in [-0.2, 0) is 14.8 Å². The second-order valence-electron chi connectivity index (χ2n) is 6.21. The van der Waals surface area contributed by atoms with Gasteiger partial charge in [-0.2, -0.15) is 4.31 Å². The Morgan fingerprint density at radius 1 is 1.19 bits per heavy atom. The Morgan fingerprint density at radius 3 is 2.74 bits per heavy atom. The number of hydrogen-bond acceptors (Lipinski definition) is 6. The number of amides is 3. The fourth-order valence-electron chi connectivity index (χ4n) is 3.36. The van der Waals surface area contributed by atoms with Crippen molar-refractivity contribution in [1.82, 2.24) is 9.62 Å². The van der Waals surface area contributed by atoms with Gasteiger partial charge in [-0.25, -0.2) is 8.42 Å². The highest BCUT2D eigenvalue weighted by Gasteiger charge is 2.40. The van der Waals surface area contributed by atoms with E-state index in [9.17, 15) is 22.8 Å². The molecule has 2 aliphatic heterocycles. The lowest BCUT2D eigenvalue weighted by atomic mass is 10.1. The summed E-state index contributed by atoms with van der Waals surface area (Å²) in [6.07, 6.45) is 0.950. The van der Waals surface area contributed by atoms with Crippen LogP contribution in [0.5, 0.6) is 0 Å². The lowest BCUT2D eigenvalue weighted by Crippen LogP contribution is -2.43. The van der Waals surface area contributed by atoms with Crippen LogP contribution in [0.3, 0.4) is 0 Å². The van der Waals surface area contributed by atoms with Gasteiger partial charge in [-0.1, -0.05) is 12.1 Å². The Bertz CT molecular complexity index is 1050. The average molecular weight is 405 g/mol. The minimum atomic E-state index is -3.76. The van der Waals surface area contributed by atoms with E-state index in [1.165, 1.54) is 22.5 Å². The van der Waals surface area contributed by atoms with Crippen molar-refractivity contribution in [3.8, 4) is 0 Å². The van der Waals surface area contributed by atoms with Crippen molar-refractivity contribution in [2.24, 2.45) is 0 Å². The van der Waals surface area contributed by atoms with Gasteiger partial charge in [0.2, 0.25) is 5.91 Å². The van der Waals surface area contributed by atoms with E-state index >= 15 is 0 Å². The number of fused-ring (bicyclic) bond motifs is 1. The van der Waals surface area contributed by atoms with Crippen LogP contribution < -0.4 is 10.6 Å². The van der Waals surface area contributed by atoms with E-state index in [1.807, 2.05) is 0 Å². The van der Waals surface area contributed by atoms with Crippen molar-refractivity contribution in [3.05, 3.63) is 46.8 Å². The summed E-state index contributed by atoms with van der Waals surface area (Å²) in [5, 5.41) is 6.48. The summed E-state index contributed by atoms with van der Waals surface area (Å²) in [6.45, 7) is 0.254. The third kappa shape index (κ3) is 2.95. The van der Waals surface area contributed by atoms with Gasteiger partial charge in [-0.3, -0.25) is 19.7 Å². The molecule has 2 N–H and O–H groups in total. The molecule has 2 aliphatic rings. The summed E-state index contributed by atoms with van der Waals surface area (Å²) in [6, 6.07) is 6.85. The van der Waals surface area contributed by atoms with Crippen molar-refractivity contribution < 1.29 is 22.8 Å².